The zero-order valence-electron chi connectivity index (χ0n) is 6.73. The van der Waals surface area contributed by atoms with Crippen LogP contribution < -0.4 is 11.5 Å². The number of nitrogens with two attached hydrogens (primary N) is 2. The molecule has 0 fully saturated rings. The summed E-state index contributed by atoms with van der Waals surface area (Å²) in [6, 6.07) is 0. The Morgan fingerprint density at radius 1 is 1.40 bits per heavy atom. The first-order valence-electron chi connectivity index (χ1n) is 3.69. The molecule has 0 amide bonds. The molecule has 0 aliphatic rings. The summed E-state index contributed by atoms with van der Waals surface area (Å²) in [6.07, 6.45) is 0.783. The van der Waals surface area contributed by atoms with Gasteiger partial charge in [0.1, 0.15) is 5.67 Å². The van der Waals surface area contributed by atoms with E-state index in [2.05, 4.69) is 0 Å². The Morgan fingerprint density at radius 2 is 1.80 bits per heavy atom. The van der Waals surface area contributed by atoms with Crippen molar-refractivity contribution in [1.82, 2.24) is 0 Å². The van der Waals surface area contributed by atoms with Crippen molar-refractivity contribution in [3.8, 4) is 0 Å². The normalized spacial score (nSPS) is 15.3. The lowest BCUT2D eigenvalue weighted by Crippen LogP contribution is -2.45. The van der Waals surface area contributed by atoms with Crippen molar-refractivity contribution in [2.75, 3.05) is 13.1 Å². The van der Waals surface area contributed by atoms with Crippen LogP contribution in [0.5, 0.6) is 0 Å². The van der Waals surface area contributed by atoms with Crippen molar-refractivity contribution in [2.45, 2.75) is 25.9 Å². The molecular weight excluding hydrogens is 131 g/mol. The Labute approximate surface area is 61.8 Å². The highest BCUT2D eigenvalue weighted by Crippen LogP contribution is 2.22. The molecule has 4 N–H and O–H groups in total. The van der Waals surface area contributed by atoms with Crippen LogP contribution >= 0.6 is 0 Å². The fourth-order valence-corrected chi connectivity index (χ4v) is 0.852. The lowest BCUT2D eigenvalue weighted by Gasteiger charge is -2.27. The third-order valence-electron chi connectivity index (χ3n) is 2.17. The maximum atomic E-state index is 13.4. The van der Waals surface area contributed by atoms with Crippen molar-refractivity contribution in [2.24, 2.45) is 17.4 Å². The van der Waals surface area contributed by atoms with Gasteiger partial charge in [-0.05, 0) is 5.92 Å². The van der Waals surface area contributed by atoms with E-state index in [0.29, 0.717) is 0 Å². The largest absolute Gasteiger partial charge is 0.327 e. The van der Waals surface area contributed by atoms with Gasteiger partial charge in [0.15, 0.2) is 0 Å². The second-order valence-corrected chi connectivity index (χ2v) is 2.75. The average Bonchev–Trinajstić information content (AvgIpc) is 2.01. The predicted octanol–water partition coefficient (Wildman–Crippen LogP) is 0.658. The smallest absolute Gasteiger partial charge is 0.137 e. The van der Waals surface area contributed by atoms with E-state index in [1.54, 1.807) is 0 Å². The molecule has 0 spiro atoms. The van der Waals surface area contributed by atoms with E-state index in [9.17, 15) is 4.39 Å². The Morgan fingerprint density at radius 3 is 1.90 bits per heavy atom. The van der Waals surface area contributed by atoms with E-state index in [1.807, 2.05) is 13.8 Å². The molecule has 0 heterocycles. The van der Waals surface area contributed by atoms with E-state index in [1.165, 1.54) is 0 Å². The molecule has 2 nitrogen and oxygen atoms in total. The SMILES string of the molecule is CCC(C)C(F)(CN)CN. The van der Waals surface area contributed by atoms with Gasteiger partial charge in [0.05, 0.1) is 0 Å². The zero-order valence-corrected chi connectivity index (χ0v) is 6.73. The van der Waals surface area contributed by atoms with Crippen molar-refractivity contribution in [1.29, 1.82) is 0 Å². The van der Waals surface area contributed by atoms with E-state index in [0.717, 1.165) is 6.42 Å². The van der Waals surface area contributed by atoms with Crippen LogP contribution in [0.4, 0.5) is 4.39 Å². The fraction of sp³-hybridized carbons (Fsp3) is 1.00. The summed E-state index contributed by atoms with van der Waals surface area (Å²) >= 11 is 0. The highest BCUT2D eigenvalue weighted by Gasteiger charge is 2.31. The van der Waals surface area contributed by atoms with Crippen LogP contribution in [0.15, 0.2) is 0 Å². The molecule has 0 bridgehead atoms. The van der Waals surface area contributed by atoms with Crippen LogP contribution in [0.3, 0.4) is 0 Å². The van der Waals surface area contributed by atoms with E-state index >= 15 is 0 Å². The number of alkyl halides is 1. The predicted molar refractivity (Wildman–Crippen MR) is 41.4 cm³/mol. The van der Waals surface area contributed by atoms with Gasteiger partial charge in [-0.3, -0.25) is 0 Å². The molecule has 0 aromatic rings. The van der Waals surface area contributed by atoms with E-state index < -0.39 is 5.67 Å². The number of hydrogen-bond donors (Lipinski definition) is 2. The molecule has 0 aromatic heterocycles. The summed E-state index contributed by atoms with van der Waals surface area (Å²) in [5.41, 5.74) is 9.13. The molecule has 0 radical (unpaired) electrons. The van der Waals surface area contributed by atoms with Crippen molar-refractivity contribution < 1.29 is 4.39 Å². The van der Waals surface area contributed by atoms with Gasteiger partial charge in [0.2, 0.25) is 0 Å². The molecule has 0 aliphatic carbocycles. The van der Waals surface area contributed by atoms with Crippen LogP contribution in [0.1, 0.15) is 20.3 Å². The Balaban J connectivity index is 4.02. The molecule has 1 unspecified atom stereocenters. The summed E-state index contributed by atoms with van der Waals surface area (Å²) in [6.45, 7) is 3.82. The summed E-state index contributed by atoms with van der Waals surface area (Å²) < 4.78 is 13.4. The highest BCUT2D eigenvalue weighted by atomic mass is 19.1. The first-order chi connectivity index (χ1) is 4.60. The molecule has 0 aliphatic heterocycles. The molecule has 3 heteroatoms. The van der Waals surface area contributed by atoms with Crippen molar-refractivity contribution in [3.63, 3.8) is 0 Å². The number of hydrogen-bond acceptors (Lipinski definition) is 2. The summed E-state index contributed by atoms with van der Waals surface area (Å²) in [4.78, 5) is 0. The van der Waals surface area contributed by atoms with Gasteiger partial charge in [-0.15, -0.1) is 0 Å². The minimum atomic E-state index is -1.35. The summed E-state index contributed by atoms with van der Waals surface area (Å²) in [5, 5.41) is 0. The van der Waals surface area contributed by atoms with Crippen LogP contribution in [-0.2, 0) is 0 Å². The lowest BCUT2D eigenvalue weighted by atomic mass is 9.89. The van der Waals surface area contributed by atoms with Gasteiger partial charge < -0.3 is 11.5 Å². The maximum absolute atomic E-state index is 13.4. The van der Waals surface area contributed by atoms with Crippen LogP contribution in [-0.4, -0.2) is 18.8 Å². The highest BCUT2D eigenvalue weighted by molar-refractivity contribution is 4.85. The first-order valence-corrected chi connectivity index (χ1v) is 3.69. The molecule has 0 aromatic carbocycles. The lowest BCUT2D eigenvalue weighted by molar-refractivity contribution is 0.107. The standard InChI is InChI=1S/C7H17FN2/c1-3-6(2)7(8,4-9)5-10/h6H,3-5,9-10H2,1-2H3. The van der Waals surface area contributed by atoms with Crippen LogP contribution in [0.25, 0.3) is 0 Å². The molecule has 10 heavy (non-hydrogen) atoms. The minimum Gasteiger partial charge on any atom is -0.327 e. The van der Waals surface area contributed by atoms with E-state index in [-0.39, 0.29) is 19.0 Å². The quantitative estimate of drug-likeness (QED) is 0.615. The zero-order chi connectivity index (χ0) is 8.20. The van der Waals surface area contributed by atoms with Crippen molar-refractivity contribution >= 4 is 0 Å². The van der Waals surface area contributed by atoms with Gasteiger partial charge in [0.25, 0.3) is 0 Å². The number of rotatable bonds is 4. The minimum absolute atomic E-state index is 0.0263. The van der Waals surface area contributed by atoms with Gasteiger partial charge >= 0.3 is 0 Å². The van der Waals surface area contributed by atoms with Gasteiger partial charge in [-0.1, -0.05) is 20.3 Å². The van der Waals surface area contributed by atoms with Gasteiger partial charge in [0, 0.05) is 13.1 Å². The third-order valence-corrected chi connectivity index (χ3v) is 2.17. The van der Waals surface area contributed by atoms with Gasteiger partial charge in [-0.25, -0.2) is 4.39 Å². The van der Waals surface area contributed by atoms with Crippen LogP contribution in [0.2, 0.25) is 0 Å². The number of halogens is 1. The first kappa shape index (κ1) is 9.85. The average molecular weight is 148 g/mol. The Kier molecular flexibility index (Phi) is 3.83. The molecule has 0 saturated carbocycles. The monoisotopic (exact) mass is 148 g/mol. The molecule has 1 atom stereocenters. The second-order valence-electron chi connectivity index (χ2n) is 2.75. The van der Waals surface area contributed by atoms with Crippen LogP contribution in [0, 0.1) is 5.92 Å². The summed E-state index contributed by atoms with van der Waals surface area (Å²) in [7, 11) is 0. The molecule has 62 valence electrons. The molecule has 0 rings (SSSR count). The topological polar surface area (TPSA) is 52.0 Å². The Hall–Kier alpha value is -0.150. The van der Waals surface area contributed by atoms with E-state index in [4.69, 9.17) is 11.5 Å². The van der Waals surface area contributed by atoms with Gasteiger partial charge in [-0.2, -0.15) is 0 Å². The summed E-state index contributed by atoms with van der Waals surface area (Å²) in [5.74, 6) is -0.0394. The Bertz CT molecular complexity index is 91.6. The third kappa shape index (κ3) is 1.92. The molecule has 0 saturated heterocycles. The fourth-order valence-electron chi connectivity index (χ4n) is 0.852. The maximum Gasteiger partial charge on any atom is 0.137 e. The van der Waals surface area contributed by atoms with Crippen molar-refractivity contribution in [3.05, 3.63) is 0 Å². The second kappa shape index (κ2) is 3.88. The molecular formula is C7H17FN2.